The van der Waals surface area contributed by atoms with Crippen molar-refractivity contribution >= 4 is 22.6 Å². The summed E-state index contributed by atoms with van der Waals surface area (Å²) in [6.07, 6.45) is 7.77. The Hall–Kier alpha value is -2.14. The third-order valence-electron chi connectivity index (χ3n) is 2.84. The van der Waals surface area contributed by atoms with Crippen molar-refractivity contribution in [3.63, 3.8) is 0 Å². The highest BCUT2D eigenvalue weighted by Gasteiger charge is 2.07. The van der Waals surface area contributed by atoms with Gasteiger partial charge in [0.1, 0.15) is 5.65 Å². The molecule has 0 aliphatic heterocycles. The first-order chi connectivity index (χ1) is 9.26. The third kappa shape index (κ3) is 2.37. The van der Waals surface area contributed by atoms with Gasteiger partial charge in [0, 0.05) is 36.6 Å². The summed E-state index contributed by atoms with van der Waals surface area (Å²) >= 11 is 5.97. The molecule has 0 unspecified atom stereocenters. The summed E-state index contributed by atoms with van der Waals surface area (Å²) in [7, 11) is 1.54. The minimum Gasteiger partial charge on any atom is -0.467 e. The van der Waals surface area contributed by atoms with Crippen LogP contribution in [-0.4, -0.2) is 27.0 Å². The molecule has 0 aliphatic rings. The molecule has 3 rings (SSSR count). The Kier molecular flexibility index (Phi) is 3.05. The van der Waals surface area contributed by atoms with Crippen LogP contribution in [0.3, 0.4) is 0 Å². The summed E-state index contributed by atoms with van der Waals surface area (Å²) in [4.78, 5) is 15.5. The zero-order chi connectivity index (χ0) is 13.2. The highest BCUT2D eigenvalue weighted by Crippen LogP contribution is 2.22. The molecule has 0 bridgehead atoms. The normalized spacial score (nSPS) is 10.8. The smallest absolute Gasteiger partial charge is 0.316 e. The Labute approximate surface area is 114 Å². The van der Waals surface area contributed by atoms with Crippen LogP contribution in [0.4, 0.5) is 0 Å². The van der Waals surface area contributed by atoms with Gasteiger partial charge in [0.15, 0.2) is 0 Å². The maximum atomic E-state index is 5.97. The minimum atomic E-state index is 0.368. The molecular formula is C13H11ClN4O. The number of nitrogens with one attached hydrogen (secondary N) is 1. The second kappa shape index (κ2) is 4.85. The molecule has 96 valence electrons. The number of methoxy groups -OCH3 is 1. The van der Waals surface area contributed by atoms with Crippen LogP contribution in [0.25, 0.3) is 11.0 Å². The van der Waals surface area contributed by atoms with E-state index in [4.69, 9.17) is 16.3 Å². The molecule has 0 aromatic carbocycles. The van der Waals surface area contributed by atoms with Gasteiger partial charge < -0.3 is 9.72 Å². The van der Waals surface area contributed by atoms with Gasteiger partial charge in [-0.15, -0.1) is 0 Å². The van der Waals surface area contributed by atoms with E-state index < -0.39 is 0 Å². The van der Waals surface area contributed by atoms with E-state index >= 15 is 0 Å². The van der Waals surface area contributed by atoms with Crippen LogP contribution in [0.15, 0.2) is 30.9 Å². The first-order valence-electron chi connectivity index (χ1n) is 5.72. The average Bonchev–Trinajstić information content (AvgIpc) is 2.82. The number of H-pyrrole nitrogens is 1. The topological polar surface area (TPSA) is 63.7 Å². The van der Waals surface area contributed by atoms with Gasteiger partial charge in [-0.3, -0.25) is 0 Å². The quantitative estimate of drug-likeness (QED) is 0.797. The molecule has 0 aliphatic carbocycles. The monoisotopic (exact) mass is 274 g/mol. The fraction of sp³-hybridized carbons (Fsp3) is 0.154. The number of aromatic nitrogens is 4. The SMILES string of the molecule is COc1ncc(Cc2c[nH]c3ncc(Cl)cc23)cn1. The molecule has 0 atom stereocenters. The molecule has 3 aromatic heterocycles. The molecule has 0 saturated carbocycles. The summed E-state index contributed by atoms with van der Waals surface area (Å²) in [6.45, 7) is 0. The van der Waals surface area contributed by atoms with Crippen LogP contribution in [0.2, 0.25) is 5.02 Å². The number of aromatic amines is 1. The Morgan fingerprint density at radius 3 is 2.74 bits per heavy atom. The summed E-state index contributed by atoms with van der Waals surface area (Å²) in [5.74, 6) is 0. The number of hydrogen-bond acceptors (Lipinski definition) is 4. The number of nitrogens with zero attached hydrogens (tertiary/aromatic N) is 3. The highest BCUT2D eigenvalue weighted by molar-refractivity contribution is 6.31. The van der Waals surface area contributed by atoms with Gasteiger partial charge in [0.05, 0.1) is 12.1 Å². The largest absolute Gasteiger partial charge is 0.467 e. The van der Waals surface area contributed by atoms with Crippen LogP contribution in [0.1, 0.15) is 11.1 Å². The lowest BCUT2D eigenvalue weighted by atomic mass is 10.1. The van der Waals surface area contributed by atoms with Crippen molar-refractivity contribution in [2.45, 2.75) is 6.42 Å². The van der Waals surface area contributed by atoms with E-state index in [0.29, 0.717) is 17.5 Å². The molecule has 5 nitrogen and oxygen atoms in total. The van der Waals surface area contributed by atoms with Gasteiger partial charge >= 0.3 is 6.01 Å². The number of rotatable bonds is 3. The van der Waals surface area contributed by atoms with E-state index in [-0.39, 0.29) is 0 Å². The molecule has 3 heterocycles. The fourth-order valence-electron chi connectivity index (χ4n) is 1.94. The Morgan fingerprint density at radius 2 is 2.00 bits per heavy atom. The van der Waals surface area contributed by atoms with Gasteiger partial charge in [0.2, 0.25) is 0 Å². The Balaban J connectivity index is 1.93. The number of pyridine rings is 1. The molecule has 0 saturated heterocycles. The predicted molar refractivity (Wildman–Crippen MR) is 72.5 cm³/mol. The summed E-state index contributed by atoms with van der Waals surface area (Å²) in [6, 6.07) is 2.27. The lowest BCUT2D eigenvalue weighted by Crippen LogP contribution is -1.94. The molecule has 1 N–H and O–H groups in total. The molecule has 0 spiro atoms. The summed E-state index contributed by atoms with van der Waals surface area (Å²) < 4.78 is 4.93. The number of fused-ring (bicyclic) bond motifs is 1. The summed E-state index contributed by atoms with van der Waals surface area (Å²) in [5, 5.41) is 1.64. The van der Waals surface area contributed by atoms with Crippen LogP contribution in [-0.2, 0) is 6.42 Å². The maximum absolute atomic E-state index is 5.97. The minimum absolute atomic E-state index is 0.368. The summed E-state index contributed by atoms with van der Waals surface area (Å²) in [5.41, 5.74) is 2.94. The van der Waals surface area contributed by atoms with E-state index in [1.165, 1.54) is 0 Å². The Morgan fingerprint density at radius 1 is 1.21 bits per heavy atom. The highest BCUT2D eigenvalue weighted by atomic mass is 35.5. The van der Waals surface area contributed by atoms with Crippen LogP contribution in [0, 0.1) is 0 Å². The number of hydrogen-bond donors (Lipinski definition) is 1. The standard InChI is InChI=1S/C13H11ClN4O/c1-19-13-17-4-8(5-18-13)2-9-6-15-12-11(9)3-10(14)7-16-12/h3-7H,2H2,1H3,(H,15,16). The van der Waals surface area contributed by atoms with E-state index in [1.54, 1.807) is 25.7 Å². The van der Waals surface area contributed by atoms with E-state index in [9.17, 15) is 0 Å². The second-order valence-electron chi connectivity index (χ2n) is 4.12. The van der Waals surface area contributed by atoms with Crippen molar-refractivity contribution < 1.29 is 4.74 Å². The third-order valence-corrected chi connectivity index (χ3v) is 3.05. The molecule has 3 aromatic rings. The van der Waals surface area contributed by atoms with Crippen molar-refractivity contribution in [3.05, 3.63) is 47.0 Å². The fourth-order valence-corrected chi connectivity index (χ4v) is 2.10. The van der Waals surface area contributed by atoms with Gasteiger partial charge in [-0.05, 0) is 17.2 Å². The van der Waals surface area contributed by atoms with Crippen molar-refractivity contribution in [1.29, 1.82) is 0 Å². The lowest BCUT2D eigenvalue weighted by molar-refractivity contribution is 0.379. The predicted octanol–water partition coefficient (Wildman–Crippen LogP) is 2.61. The molecule has 0 amide bonds. The number of ether oxygens (including phenoxy) is 1. The van der Waals surface area contributed by atoms with Gasteiger partial charge in [-0.25, -0.2) is 15.0 Å². The molecule has 0 fully saturated rings. The van der Waals surface area contributed by atoms with E-state index in [2.05, 4.69) is 19.9 Å². The Bertz CT molecular complexity index is 708. The van der Waals surface area contributed by atoms with E-state index in [1.807, 2.05) is 12.3 Å². The van der Waals surface area contributed by atoms with Crippen molar-refractivity contribution in [1.82, 2.24) is 19.9 Å². The molecule has 0 radical (unpaired) electrons. The maximum Gasteiger partial charge on any atom is 0.316 e. The van der Waals surface area contributed by atoms with Gasteiger partial charge in [-0.1, -0.05) is 11.6 Å². The van der Waals surface area contributed by atoms with Crippen LogP contribution < -0.4 is 4.74 Å². The lowest BCUT2D eigenvalue weighted by Gasteiger charge is -2.01. The zero-order valence-corrected chi connectivity index (χ0v) is 11.0. The second-order valence-corrected chi connectivity index (χ2v) is 4.55. The van der Waals surface area contributed by atoms with Gasteiger partial charge in [0.25, 0.3) is 0 Å². The van der Waals surface area contributed by atoms with Crippen molar-refractivity contribution in [2.75, 3.05) is 7.11 Å². The molecule has 19 heavy (non-hydrogen) atoms. The van der Waals surface area contributed by atoms with Gasteiger partial charge in [-0.2, -0.15) is 0 Å². The molecule has 6 heteroatoms. The van der Waals surface area contributed by atoms with Crippen molar-refractivity contribution in [2.24, 2.45) is 0 Å². The number of halogens is 1. The van der Waals surface area contributed by atoms with E-state index in [0.717, 1.165) is 22.2 Å². The zero-order valence-electron chi connectivity index (χ0n) is 10.2. The molecular weight excluding hydrogens is 264 g/mol. The van der Waals surface area contributed by atoms with Crippen molar-refractivity contribution in [3.8, 4) is 6.01 Å². The average molecular weight is 275 g/mol. The first kappa shape index (κ1) is 11.9. The van der Waals surface area contributed by atoms with Crippen LogP contribution in [0.5, 0.6) is 6.01 Å². The van der Waals surface area contributed by atoms with Crippen LogP contribution >= 0.6 is 11.6 Å². The first-order valence-corrected chi connectivity index (χ1v) is 6.10.